The number of hydrogen-bond acceptors (Lipinski definition) is 5. The highest BCUT2D eigenvalue weighted by atomic mass is 16.6. The number of imidazole rings is 1. The molecule has 20 heavy (non-hydrogen) atoms. The third kappa shape index (κ3) is 1.73. The standard InChI is InChI=1S/C14H12N4O2/c15-13-5-8(1-2-16-13)14-17-9-6-11-12(7-10(9)18-14)20-4-3-19-11/h1-2,5-7H,3-4H2,(H2,15,16)(H,17,18). The second-order valence-electron chi connectivity index (χ2n) is 4.57. The van der Waals surface area contributed by atoms with E-state index in [0.717, 1.165) is 33.9 Å². The number of pyridine rings is 1. The van der Waals surface area contributed by atoms with Crippen molar-refractivity contribution in [3.05, 3.63) is 30.5 Å². The van der Waals surface area contributed by atoms with Crippen LogP contribution in [0.25, 0.3) is 22.4 Å². The Morgan fingerprint density at radius 3 is 2.70 bits per heavy atom. The summed E-state index contributed by atoms with van der Waals surface area (Å²) in [5, 5.41) is 0. The molecular formula is C14H12N4O2. The van der Waals surface area contributed by atoms with Crippen molar-refractivity contribution in [3.63, 3.8) is 0 Å². The van der Waals surface area contributed by atoms with Crippen molar-refractivity contribution in [3.8, 4) is 22.9 Å². The van der Waals surface area contributed by atoms with E-state index in [9.17, 15) is 0 Å². The largest absolute Gasteiger partial charge is 0.486 e. The average Bonchev–Trinajstić information content (AvgIpc) is 2.87. The third-order valence-electron chi connectivity index (χ3n) is 3.20. The van der Waals surface area contributed by atoms with Gasteiger partial charge in [-0.15, -0.1) is 0 Å². The van der Waals surface area contributed by atoms with Gasteiger partial charge in [0.05, 0.1) is 11.0 Å². The summed E-state index contributed by atoms with van der Waals surface area (Å²) < 4.78 is 11.1. The van der Waals surface area contributed by atoms with Gasteiger partial charge in [-0.25, -0.2) is 9.97 Å². The minimum atomic E-state index is 0.467. The molecule has 3 N–H and O–H groups in total. The number of ether oxygens (including phenoxy) is 2. The minimum Gasteiger partial charge on any atom is -0.486 e. The molecule has 0 radical (unpaired) electrons. The molecule has 6 heteroatoms. The highest BCUT2D eigenvalue weighted by Crippen LogP contribution is 2.34. The van der Waals surface area contributed by atoms with Gasteiger partial charge < -0.3 is 20.2 Å². The Labute approximate surface area is 114 Å². The highest BCUT2D eigenvalue weighted by Gasteiger charge is 2.15. The number of nitrogens with two attached hydrogens (primary N) is 1. The molecule has 6 nitrogen and oxygen atoms in total. The fraction of sp³-hybridized carbons (Fsp3) is 0.143. The van der Waals surface area contributed by atoms with E-state index >= 15 is 0 Å². The Balaban J connectivity index is 1.86. The van der Waals surface area contributed by atoms with Gasteiger partial charge in [0.15, 0.2) is 11.5 Å². The van der Waals surface area contributed by atoms with Crippen LogP contribution < -0.4 is 15.2 Å². The van der Waals surface area contributed by atoms with Gasteiger partial charge in [0.1, 0.15) is 24.9 Å². The molecule has 1 aromatic carbocycles. The second-order valence-corrected chi connectivity index (χ2v) is 4.57. The first kappa shape index (κ1) is 11.1. The molecule has 0 spiro atoms. The first-order chi connectivity index (χ1) is 9.79. The van der Waals surface area contributed by atoms with Crippen molar-refractivity contribution in [1.29, 1.82) is 0 Å². The minimum absolute atomic E-state index is 0.467. The van der Waals surface area contributed by atoms with E-state index in [-0.39, 0.29) is 0 Å². The van der Waals surface area contributed by atoms with E-state index in [2.05, 4.69) is 15.0 Å². The Kier molecular flexibility index (Phi) is 2.29. The number of aromatic amines is 1. The number of aromatic nitrogens is 3. The number of fused-ring (bicyclic) bond motifs is 2. The fourth-order valence-electron chi connectivity index (χ4n) is 2.28. The summed E-state index contributed by atoms with van der Waals surface area (Å²) in [6.45, 7) is 1.14. The van der Waals surface area contributed by atoms with Crippen LogP contribution in [0.3, 0.4) is 0 Å². The van der Waals surface area contributed by atoms with Crippen molar-refractivity contribution >= 4 is 16.9 Å². The molecule has 0 fully saturated rings. The highest BCUT2D eigenvalue weighted by molar-refractivity contribution is 5.83. The zero-order valence-electron chi connectivity index (χ0n) is 10.6. The molecule has 0 bridgehead atoms. The molecule has 2 aromatic heterocycles. The number of benzene rings is 1. The molecule has 0 saturated heterocycles. The van der Waals surface area contributed by atoms with Crippen molar-refractivity contribution in [2.75, 3.05) is 18.9 Å². The van der Waals surface area contributed by atoms with Crippen molar-refractivity contribution in [2.24, 2.45) is 0 Å². The zero-order chi connectivity index (χ0) is 13.5. The first-order valence-electron chi connectivity index (χ1n) is 6.31. The van der Waals surface area contributed by atoms with E-state index < -0.39 is 0 Å². The van der Waals surface area contributed by atoms with Gasteiger partial charge in [-0.05, 0) is 12.1 Å². The van der Waals surface area contributed by atoms with Crippen LogP contribution in [0.15, 0.2) is 30.5 Å². The van der Waals surface area contributed by atoms with Gasteiger partial charge in [0.2, 0.25) is 0 Å². The molecule has 0 saturated carbocycles. The van der Waals surface area contributed by atoms with Gasteiger partial charge >= 0.3 is 0 Å². The van der Waals surface area contributed by atoms with Gasteiger partial charge in [-0.2, -0.15) is 0 Å². The number of nitrogens with zero attached hydrogens (tertiary/aromatic N) is 2. The number of nitrogen functional groups attached to an aromatic ring is 1. The lowest BCUT2D eigenvalue weighted by molar-refractivity contribution is 0.172. The van der Waals surface area contributed by atoms with E-state index in [1.54, 1.807) is 12.3 Å². The lowest BCUT2D eigenvalue weighted by atomic mass is 10.2. The maximum absolute atomic E-state index is 5.70. The third-order valence-corrected chi connectivity index (χ3v) is 3.20. The Bertz CT molecular complexity index is 754. The molecule has 100 valence electrons. The van der Waals surface area contributed by atoms with Gasteiger partial charge in [-0.1, -0.05) is 0 Å². The van der Waals surface area contributed by atoms with Crippen molar-refractivity contribution in [2.45, 2.75) is 0 Å². The second kappa shape index (κ2) is 4.12. The lowest BCUT2D eigenvalue weighted by Crippen LogP contribution is -2.15. The van der Waals surface area contributed by atoms with Crippen LogP contribution in [0.2, 0.25) is 0 Å². The molecule has 4 rings (SSSR count). The van der Waals surface area contributed by atoms with Crippen molar-refractivity contribution in [1.82, 2.24) is 15.0 Å². The van der Waals surface area contributed by atoms with Crippen LogP contribution in [-0.4, -0.2) is 28.2 Å². The number of anilines is 1. The van der Waals surface area contributed by atoms with Crippen molar-refractivity contribution < 1.29 is 9.47 Å². The van der Waals surface area contributed by atoms with E-state index in [0.29, 0.717) is 19.0 Å². The molecule has 0 aliphatic carbocycles. The summed E-state index contributed by atoms with van der Waals surface area (Å²) >= 11 is 0. The van der Waals surface area contributed by atoms with Crippen LogP contribution >= 0.6 is 0 Å². The predicted octanol–water partition coefficient (Wildman–Crippen LogP) is 1.98. The normalized spacial score (nSPS) is 13.6. The zero-order valence-corrected chi connectivity index (χ0v) is 10.6. The molecular weight excluding hydrogens is 256 g/mol. The van der Waals surface area contributed by atoms with Gasteiger partial charge in [0, 0.05) is 23.9 Å². The lowest BCUT2D eigenvalue weighted by Gasteiger charge is -2.17. The molecule has 0 unspecified atom stereocenters. The van der Waals surface area contributed by atoms with Crippen LogP contribution in [-0.2, 0) is 0 Å². The summed E-state index contributed by atoms with van der Waals surface area (Å²) in [6, 6.07) is 7.44. The predicted molar refractivity (Wildman–Crippen MR) is 74.7 cm³/mol. The summed E-state index contributed by atoms with van der Waals surface area (Å²) in [6.07, 6.45) is 1.66. The van der Waals surface area contributed by atoms with Crippen LogP contribution in [0.5, 0.6) is 11.5 Å². The molecule has 0 atom stereocenters. The molecule has 3 heterocycles. The van der Waals surface area contributed by atoms with E-state index in [1.807, 2.05) is 18.2 Å². The number of rotatable bonds is 1. The van der Waals surface area contributed by atoms with E-state index in [4.69, 9.17) is 15.2 Å². The Hall–Kier alpha value is -2.76. The maximum Gasteiger partial charge on any atom is 0.163 e. The quantitative estimate of drug-likeness (QED) is 0.704. The molecule has 3 aromatic rings. The number of H-pyrrole nitrogens is 1. The Morgan fingerprint density at radius 2 is 1.90 bits per heavy atom. The average molecular weight is 268 g/mol. The molecule has 1 aliphatic heterocycles. The molecule has 1 aliphatic rings. The first-order valence-corrected chi connectivity index (χ1v) is 6.31. The van der Waals surface area contributed by atoms with Gasteiger partial charge in [-0.3, -0.25) is 0 Å². The van der Waals surface area contributed by atoms with E-state index in [1.165, 1.54) is 0 Å². The van der Waals surface area contributed by atoms with Crippen LogP contribution in [0.4, 0.5) is 5.82 Å². The van der Waals surface area contributed by atoms with Gasteiger partial charge in [0.25, 0.3) is 0 Å². The number of hydrogen-bond donors (Lipinski definition) is 2. The monoisotopic (exact) mass is 268 g/mol. The van der Waals surface area contributed by atoms with Crippen LogP contribution in [0, 0.1) is 0 Å². The topological polar surface area (TPSA) is 86.0 Å². The smallest absolute Gasteiger partial charge is 0.163 e. The summed E-state index contributed by atoms with van der Waals surface area (Å²) in [5.74, 6) is 2.69. The fourth-order valence-corrected chi connectivity index (χ4v) is 2.28. The maximum atomic E-state index is 5.70. The SMILES string of the molecule is Nc1cc(-c2nc3cc4c(cc3[nH]2)OCCO4)ccn1. The van der Waals surface area contributed by atoms with Crippen LogP contribution in [0.1, 0.15) is 0 Å². The summed E-state index contributed by atoms with van der Waals surface area (Å²) in [4.78, 5) is 11.8. The summed E-state index contributed by atoms with van der Waals surface area (Å²) in [7, 11) is 0. The number of nitrogens with one attached hydrogen (secondary N) is 1. The Morgan fingerprint density at radius 1 is 1.10 bits per heavy atom. The molecule has 0 amide bonds. The summed E-state index contributed by atoms with van der Waals surface area (Å²) in [5.41, 5.74) is 8.33.